The second-order valence-electron chi connectivity index (χ2n) is 9.50. The summed E-state index contributed by atoms with van der Waals surface area (Å²) in [5.41, 5.74) is 1.23. The van der Waals surface area contributed by atoms with Gasteiger partial charge in [0.25, 0.3) is 0 Å². The summed E-state index contributed by atoms with van der Waals surface area (Å²) in [6.07, 6.45) is 1.33. The molecule has 2 aliphatic rings. The van der Waals surface area contributed by atoms with Crippen molar-refractivity contribution in [2.75, 3.05) is 56.4 Å². The molecule has 0 spiro atoms. The van der Waals surface area contributed by atoms with E-state index in [0.29, 0.717) is 64.3 Å². The predicted octanol–water partition coefficient (Wildman–Crippen LogP) is 2.65. The van der Waals surface area contributed by atoms with Crippen LogP contribution in [0.1, 0.15) is 19.8 Å². The summed E-state index contributed by atoms with van der Waals surface area (Å²) in [4.78, 5) is 44.0. The molecule has 1 unspecified atom stereocenters. The molecule has 4 rings (SSSR count). The van der Waals surface area contributed by atoms with Gasteiger partial charge in [0.15, 0.2) is 0 Å². The van der Waals surface area contributed by atoms with Gasteiger partial charge < -0.3 is 15.5 Å². The molecule has 2 aromatic rings. The van der Waals surface area contributed by atoms with Crippen LogP contribution in [-0.4, -0.2) is 84.3 Å². The monoisotopic (exact) mass is 495 g/mol. The Balaban J connectivity index is 1.17. The molecule has 2 fully saturated rings. The van der Waals surface area contributed by atoms with Crippen molar-refractivity contribution in [1.29, 1.82) is 0 Å². The van der Waals surface area contributed by atoms with E-state index < -0.39 is 5.82 Å². The Kier molecular flexibility index (Phi) is 8.66. The summed E-state index contributed by atoms with van der Waals surface area (Å²) >= 11 is 0. The van der Waals surface area contributed by atoms with Gasteiger partial charge in [-0.1, -0.05) is 24.3 Å². The Morgan fingerprint density at radius 1 is 0.889 bits per heavy atom. The van der Waals surface area contributed by atoms with Crippen LogP contribution in [0, 0.1) is 11.7 Å². The molecule has 0 radical (unpaired) electrons. The summed E-state index contributed by atoms with van der Waals surface area (Å²) in [5, 5.41) is 5.73. The first-order chi connectivity index (χ1) is 17.4. The van der Waals surface area contributed by atoms with E-state index in [1.54, 1.807) is 12.1 Å². The Bertz CT molecular complexity index is 1050. The van der Waals surface area contributed by atoms with Gasteiger partial charge in [-0.05, 0) is 50.1 Å². The van der Waals surface area contributed by atoms with Crippen molar-refractivity contribution in [2.45, 2.75) is 25.8 Å². The fourth-order valence-corrected chi connectivity index (χ4v) is 4.74. The van der Waals surface area contributed by atoms with Crippen LogP contribution < -0.4 is 10.6 Å². The average Bonchev–Trinajstić information content (AvgIpc) is 2.89. The lowest BCUT2D eigenvalue weighted by atomic mass is 9.95. The highest BCUT2D eigenvalue weighted by molar-refractivity contribution is 5.94. The first kappa shape index (κ1) is 25.8. The summed E-state index contributed by atoms with van der Waals surface area (Å²) in [7, 11) is 0. The van der Waals surface area contributed by atoms with Crippen LogP contribution >= 0.6 is 0 Å². The van der Waals surface area contributed by atoms with Gasteiger partial charge in [-0.25, -0.2) is 4.39 Å². The van der Waals surface area contributed by atoms with E-state index in [9.17, 15) is 18.8 Å². The third-order valence-electron chi connectivity index (χ3n) is 7.04. The number of carbonyl (C=O) groups is 3. The Hall–Kier alpha value is -3.30. The highest BCUT2D eigenvalue weighted by Gasteiger charge is 2.30. The van der Waals surface area contributed by atoms with Crippen molar-refractivity contribution < 1.29 is 18.8 Å². The van der Waals surface area contributed by atoms with Crippen molar-refractivity contribution in [3.63, 3.8) is 0 Å². The van der Waals surface area contributed by atoms with E-state index in [4.69, 9.17) is 0 Å². The lowest BCUT2D eigenvalue weighted by Gasteiger charge is -2.38. The highest BCUT2D eigenvalue weighted by Crippen LogP contribution is 2.20. The summed E-state index contributed by atoms with van der Waals surface area (Å²) < 4.78 is 13.4. The number of nitrogens with one attached hydrogen (secondary N) is 2. The highest BCUT2D eigenvalue weighted by atomic mass is 19.1. The molecular weight excluding hydrogens is 461 g/mol. The molecule has 2 aliphatic heterocycles. The molecular formula is C27H34FN5O3. The molecule has 2 aromatic carbocycles. The molecule has 0 saturated carbocycles. The number of rotatable bonds is 7. The standard InChI is InChI=1S/C27H34FN5O3/c1-20(26(35)30-24-9-5-6-22(28)18-24)32-16-14-31(15-17-32)19-25(34)33-12-10-21(11-13-33)27(36)29-23-7-3-2-4-8-23/h2-9,18,20-21H,10-17,19H2,1H3,(H,29,36)(H,30,35). The Morgan fingerprint density at radius 3 is 2.22 bits per heavy atom. The lowest BCUT2D eigenvalue weighted by Crippen LogP contribution is -2.55. The second kappa shape index (κ2) is 12.1. The SMILES string of the molecule is CC(C(=O)Nc1cccc(F)c1)N1CCN(CC(=O)N2CCC(C(=O)Nc3ccccc3)CC2)CC1. The largest absolute Gasteiger partial charge is 0.342 e. The lowest BCUT2D eigenvalue weighted by molar-refractivity contribution is -0.136. The maximum absolute atomic E-state index is 13.4. The zero-order valence-electron chi connectivity index (χ0n) is 20.7. The predicted molar refractivity (Wildman–Crippen MR) is 137 cm³/mol. The molecule has 1 atom stereocenters. The first-order valence-electron chi connectivity index (χ1n) is 12.6. The van der Waals surface area contributed by atoms with Crippen LogP contribution in [0.25, 0.3) is 0 Å². The van der Waals surface area contributed by atoms with Crippen LogP contribution in [0.3, 0.4) is 0 Å². The van der Waals surface area contributed by atoms with E-state index in [-0.39, 0.29) is 29.7 Å². The van der Waals surface area contributed by atoms with Crippen molar-refractivity contribution in [2.24, 2.45) is 5.92 Å². The van der Waals surface area contributed by atoms with Crippen molar-refractivity contribution in [3.8, 4) is 0 Å². The van der Waals surface area contributed by atoms with Crippen LogP contribution in [-0.2, 0) is 14.4 Å². The first-order valence-corrected chi connectivity index (χ1v) is 12.6. The van der Waals surface area contributed by atoms with Crippen LogP contribution in [0.5, 0.6) is 0 Å². The zero-order valence-corrected chi connectivity index (χ0v) is 20.7. The van der Waals surface area contributed by atoms with Crippen LogP contribution in [0.15, 0.2) is 54.6 Å². The number of hydrogen-bond donors (Lipinski definition) is 2. The number of piperidine rings is 1. The normalized spacial score (nSPS) is 18.4. The van der Waals surface area contributed by atoms with Gasteiger partial charge >= 0.3 is 0 Å². The average molecular weight is 496 g/mol. The summed E-state index contributed by atoms with van der Waals surface area (Å²) in [5.74, 6) is -0.553. The molecule has 2 N–H and O–H groups in total. The fourth-order valence-electron chi connectivity index (χ4n) is 4.74. The van der Waals surface area contributed by atoms with Gasteiger partial charge in [-0.3, -0.25) is 24.2 Å². The minimum atomic E-state index is -0.390. The maximum atomic E-state index is 13.4. The molecule has 2 heterocycles. The summed E-state index contributed by atoms with van der Waals surface area (Å²) in [6, 6.07) is 14.9. The topological polar surface area (TPSA) is 85.0 Å². The van der Waals surface area contributed by atoms with E-state index in [1.807, 2.05) is 42.2 Å². The fraction of sp³-hybridized carbons (Fsp3) is 0.444. The van der Waals surface area contributed by atoms with Gasteiger partial charge in [-0.2, -0.15) is 0 Å². The van der Waals surface area contributed by atoms with E-state index in [2.05, 4.69) is 20.4 Å². The van der Waals surface area contributed by atoms with Crippen molar-refractivity contribution >= 4 is 29.1 Å². The number of carbonyl (C=O) groups excluding carboxylic acids is 3. The minimum absolute atomic E-state index is 0.0139. The van der Waals surface area contributed by atoms with Crippen LogP contribution in [0.2, 0.25) is 0 Å². The van der Waals surface area contributed by atoms with E-state index >= 15 is 0 Å². The number of halogens is 1. The molecule has 8 nitrogen and oxygen atoms in total. The number of nitrogens with zero attached hydrogens (tertiary/aromatic N) is 3. The van der Waals surface area contributed by atoms with Gasteiger partial charge in [-0.15, -0.1) is 0 Å². The van der Waals surface area contributed by atoms with E-state index in [0.717, 1.165) is 5.69 Å². The molecule has 192 valence electrons. The van der Waals surface area contributed by atoms with Crippen molar-refractivity contribution in [3.05, 3.63) is 60.4 Å². The van der Waals surface area contributed by atoms with Crippen molar-refractivity contribution in [1.82, 2.24) is 14.7 Å². The minimum Gasteiger partial charge on any atom is -0.342 e. The van der Waals surface area contributed by atoms with Crippen LogP contribution in [0.4, 0.5) is 15.8 Å². The summed E-state index contributed by atoms with van der Waals surface area (Å²) in [6.45, 7) is 6.09. The molecule has 9 heteroatoms. The molecule has 36 heavy (non-hydrogen) atoms. The molecule has 0 aliphatic carbocycles. The number of para-hydroxylation sites is 1. The molecule has 2 saturated heterocycles. The molecule has 0 bridgehead atoms. The number of benzene rings is 2. The number of anilines is 2. The second-order valence-corrected chi connectivity index (χ2v) is 9.50. The number of amides is 3. The van der Waals surface area contributed by atoms with Gasteiger partial charge in [0.1, 0.15) is 5.82 Å². The Labute approximate surface area is 211 Å². The smallest absolute Gasteiger partial charge is 0.241 e. The zero-order chi connectivity index (χ0) is 25.5. The third-order valence-corrected chi connectivity index (χ3v) is 7.04. The number of piperazine rings is 1. The van der Waals surface area contributed by atoms with Gasteiger partial charge in [0, 0.05) is 56.6 Å². The third kappa shape index (κ3) is 6.89. The van der Waals surface area contributed by atoms with Gasteiger partial charge in [0.05, 0.1) is 12.6 Å². The van der Waals surface area contributed by atoms with Gasteiger partial charge in [0.2, 0.25) is 17.7 Å². The molecule has 0 aromatic heterocycles. The number of hydrogen-bond acceptors (Lipinski definition) is 5. The van der Waals surface area contributed by atoms with E-state index in [1.165, 1.54) is 12.1 Å². The molecule has 3 amide bonds. The Morgan fingerprint density at radius 2 is 1.56 bits per heavy atom. The number of likely N-dealkylation sites (tertiary alicyclic amines) is 1. The quantitative estimate of drug-likeness (QED) is 0.617. The maximum Gasteiger partial charge on any atom is 0.241 e.